The quantitative estimate of drug-likeness (QED) is 0.246. The summed E-state index contributed by atoms with van der Waals surface area (Å²) in [6.45, 7) is 8.81. The van der Waals surface area contributed by atoms with Gasteiger partial charge in [0.05, 0.1) is 11.4 Å². The fourth-order valence-electron chi connectivity index (χ4n) is 5.68. The summed E-state index contributed by atoms with van der Waals surface area (Å²) in [6, 6.07) is 27.5. The molecule has 0 aliphatic carbocycles. The molecule has 0 saturated carbocycles. The number of fused-ring (bicyclic) bond motifs is 4. The minimum absolute atomic E-state index is 0.0230. The first-order chi connectivity index (χ1) is 19.0. The average Bonchev–Trinajstić information content (AvgIpc) is 2.96. The minimum Gasteiger partial charge on any atom is -0.458 e. The predicted molar refractivity (Wildman–Crippen MR) is 159 cm³/mol. The van der Waals surface area contributed by atoms with Gasteiger partial charge in [0.15, 0.2) is 0 Å². The van der Waals surface area contributed by atoms with Crippen LogP contribution in [0.2, 0.25) is 0 Å². The van der Waals surface area contributed by atoms with Crippen LogP contribution in [0.3, 0.4) is 0 Å². The molecule has 190 valence electrons. The number of hydrogen-bond acceptors (Lipinski definition) is 4. The highest BCUT2D eigenvalue weighted by atomic mass is 16.5. The Kier molecular flexibility index (Phi) is 5.55. The fourth-order valence-corrected chi connectivity index (χ4v) is 5.68. The van der Waals surface area contributed by atoms with Crippen molar-refractivity contribution in [3.05, 3.63) is 102 Å². The molecule has 0 fully saturated rings. The van der Waals surface area contributed by atoms with Crippen molar-refractivity contribution < 1.29 is 9.47 Å². The average molecular weight is 508 g/mol. The van der Waals surface area contributed by atoms with Crippen molar-refractivity contribution in [2.75, 3.05) is 0 Å². The van der Waals surface area contributed by atoms with E-state index in [4.69, 9.17) is 19.4 Å². The fraction of sp³-hybridized carbons (Fsp3) is 0.176. The molecule has 7 rings (SSSR count). The van der Waals surface area contributed by atoms with Gasteiger partial charge in [0, 0.05) is 17.9 Å². The van der Waals surface area contributed by atoms with Crippen molar-refractivity contribution in [3.8, 4) is 45.5 Å². The zero-order valence-corrected chi connectivity index (χ0v) is 22.6. The van der Waals surface area contributed by atoms with Crippen LogP contribution in [-0.4, -0.2) is 16.7 Å². The van der Waals surface area contributed by atoms with E-state index < -0.39 is 0 Å². The molecule has 5 aromatic rings. The molecule has 0 spiro atoms. The Labute approximate surface area is 229 Å². The van der Waals surface area contributed by atoms with Gasteiger partial charge in [-0.25, -0.2) is 0 Å². The maximum absolute atomic E-state index is 6.44. The second kappa shape index (κ2) is 9.13. The molecule has 0 unspecified atom stereocenters. The summed E-state index contributed by atoms with van der Waals surface area (Å²) >= 11 is 0. The number of hydrogen-bond donors (Lipinski definition) is 0. The van der Waals surface area contributed by atoms with Crippen LogP contribution in [-0.2, 0) is 0 Å². The van der Waals surface area contributed by atoms with Gasteiger partial charge in [0.1, 0.15) is 23.0 Å². The van der Waals surface area contributed by atoms with Crippen molar-refractivity contribution >= 4 is 23.1 Å². The second-order valence-corrected chi connectivity index (χ2v) is 11.1. The first-order valence-electron chi connectivity index (χ1n) is 13.7. The van der Waals surface area contributed by atoms with Crippen LogP contribution in [0.15, 0.2) is 91.3 Å². The number of benzene rings is 3. The molecule has 2 aliphatic heterocycles. The smallest absolute Gasteiger partial charge is 0.260 e. The van der Waals surface area contributed by atoms with E-state index in [1.165, 1.54) is 11.1 Å². The van der Waals surface area contributed by atoms with Crippen molar-refractivity contribution in [2.45, 2.75) is 39.5 Å². The topological polar surface area (TPSA) is 44.2 Å². The number of ether oxygens (including phenoxy) is 2. The first kappa shape index (κ1) is 23.7. The van der Waals surface area contributed by atoms with Gasteiger partial charge in [-0.05, 0) is 106 Å². The largest absolute Gasteiger partial charge is 0.458 e. The van der Waals surface area contributed by atoms with Gasteiger partial charge >= 0.3 is 0 Å². The molecular formula is C34H29BN2O2. The molecule has 39 heavy (non-hydrogen) atoms. The normalized spacial score (nSPS) is 12.9. The van der Waals surface area contributed by atoms with Crippen LogP contribution in [0.4, 0.5) is 0 Å². The van der Waals surface area contributed by atoms with Gasteiger partial charge in [-0.15, -0.1) is 0 Å². The summed E-state index contributed by atoms with van der Waals surface area (Å²) in [5, 5.41) is 0. The number of rotatable bonds is 4. The third-order valence-electron chi connectivity index (χ3n) is 7.89. The lowest BCUT2D eigenvalue weighted by atomic mass is 9.34. The van der Waals surface area contributed by atoms with Gasteiger partial charge in [-0.2, -0.15) is 0 Å². The van der Waals surface area contributed by atoms with Gasteiger partial charge < -0.3 is 9.47 Å². The molecule has 0 bridgehead atoms. The standard InChI is InChI=1S/C34H29BN2O2/c1-20(2)22-12-14-36-28(18-22)24-8-10-30-26(16-24)35-27-17-25(29-19-23(21(3)4)13-15-37-29)9-11-31(27)39-33-7-5-6-32(38-30)34(33)35/h5-21H,1-4H3. The minimum atomic E-state index is -0.0230. The Morgan fingerprint density at radius 3 is 1.51 bits per heavy atom. The van der Waals surface area contributed by atoms with Crippen LogP contribution in [0.1, 0.15) is 50.7 Å². The zero-order valence-electron chi connectivity index (χ0n) is 22.6. The lowest BCUT2D eigenvalue weighted by Gasteiger charge is -2.33. The van der Waals surface area contributed by atoms with Crippen LogP contribution < -0.4 is 25.9 Å². The van der Waals surface area contributed by atoms with E-state index in [9.17, 15) is 0 Å². The van der Waals surface area contributed by atoms with E-state index in [1.807, 2.05) is 30.6 Å². The molecule has 0 amide bonds. The number of pyridine rings is 2. The third kappa shape index (κ3) is 4.01. The van der Waals surface area contributed by atoms with Crippen molar-refractivity contribution in [1.29, 1.82) is 0 Å². The highest BCUT2D eigenvalue weighted by Crippen LogP contribution is 2.36. The molecule has 0 atom stereocenters. The molecule has 4 heterocycles. The maximum Gasteiger partial charge on any atom is 0.260 e. The molecule has 2 aromatic heterocycles. The Morgan fingerprint density at radius 2 is 1.05 bits per heavy atom. The monoisotopic (exact) mass is 508 g/mol. The molecule has 2 aliphatic rings. The van der Waals surface area contributed by atoms with Crippen molar-refractivity contribution in [3.63, 3.8) is 0 Å². The van der Waals surface area contributed by atoms with Gasteiger partial charge in [-0.1, -0.05) is 45.9 Å². The highest BCUT2D eigenvalue weighted by Gasteiger charge is 2.40. The Morgan fingerprint density at radius 1 is 0.564 bits per heavy atom. The molecule has 4 nitrogen and oxygen atoms in total. The van der Waals surface area contributed by atoms with Crippen LogP contribution >= 0.6 is 0 Å². The lowest BCUT2D eigenvalue weighted by Crippen LogP contribution is -2.57. The zero-order chi connectivity index (χ0) is 26.7. The predicted octanol–water partition coefficient (Wildman–Crippen LogP) is 6.79. The Balaban J connectivity index is 1.40. The third-order valence-corrected chi connectivity index (χ3v) is 7.89. The second-order valence-electron chi connectivity index (χ2n) is 11.1. The SMILES string of the molecule is CC(C)c1ccnc(-c2ccc3c(c2)B2c4cc(-c5cc(C(C)C)ccn5)ccc4Oc4cccc(c42)O3)c1. The molecule has 0 N–H and O–H groups in total. The summed E-state index contributed by atoms with van der Waals surface area (Å²) in [7, 11) is 0. The summed E-state index contributed by atoms with van der Waals surface area (Å²) in [6.07, 6.45) is 3.81. The van der Waals surface area contributed by atoms with Crippen LogP contribution in [0.25, 0.3) is 22.5 Å². The summed E-state index contributed by atoms with van der Waals surface area (Å²) in [5.41, 5.74) is 9.96. The summed E-state index contributed by atoms with van der Waals surface area (Å²) in [5.74, 6) is 4.29. The van der Waals surface area contributed by atoms with E-state index in [0.717, 1.165) is 61.9 Å². The molecule has 5 heteroatoms. The maximum atomic E-state index is 6.44. The van der Waals surface area contributed by atoms with E-state index in [0.29, 0.717) is 11.8 Å². The molecular weight excluding hydrogens is 479 g/mol. The van der Waals surface area contributed by atoms with Gasteiger partial charge in [0.25, 0.3) is 6.71 Å². The van der Waals surface area contributed by atoms with Crippen molar-refractivity contribution in [1.82, 2.24) is 9.97 Å². The Bertz CT molecular complexity index is 1620. The number of nitrogens with zero attached hydrogens (tertiary/aromatic N) is 2. The van der Waals surface area contributed by atoms with E-state index in [-0.39, 0.29) is 6.71 Å². The van der Waals surface area contributed by atoms with E-state index >= 15 is 0 Å². The molecule has 0 saturated heterocycles. The van der Waals surface area contributed by atoms with E-state index in [1.54, 1.807) is 0 Å². The summed E-state index contributed by atoms with van der Waals surface area (Å²) in [4.78, 5) is 9.43. The lowest BCUT2D eigenvalue weighted by molar-refractivity contribution is 0.464. The van der Waals surface area contributed by atoms with E-state index in [2.05, 4.69) is 88.4 Å². The first-order valence-corrected chi connectivity index (χ1v) is 13.7. The highest BCUT2D eigenvalue weighted by molar-refractivity contribution is 6.98. The molecule has 0 radical (unpaired) electrons. The Hall–Kier alpha value is -4.38. The molecule has 3 aromatic carbocycles. The summed E-state index contributed by atoms with van der Waals surface area (Å²) < 4.78 is 12.9. The van der Waals surface area contributed by atoms with Crippen LogP contribution in [0.5, 0.6) is 23.0 Å². The van der Waals surface area contributed by atoms with Gasteiger partial charge in [0.2, 0.25) is 0 Å². The number of aromatic nitrogens is 2. The van der Waals surface area contributed by atoms with Crippen LogP contribution in [0, 0.1) is 0 Å². The van der Waals surface area contributed by atoms with Gasteiger partial charge in [-0.3, -0.25) is 9.97 Å². The van der Waals surface area contributed by atoms with Crippen molar-refractivity contribution in [2.24, 2.45) is 0 Å².